The molecule has 2 aromatic heterocycles. The van der Waals surface area contributed by atoms with Gasteiger partial charge in [-0.2, -0.15) is 0 Å². The monoisotopic (exact) mass is 563 g/mol. The van der Waals surface area contributed by atoms with Gasteiger partial charge in [0.2, 0.25) is 11.5 Å². The normalized spacial score (nSPS) is 18.2. The third kappa shape index (κ3) is 6.72. The molecule has 3 amide bonds. The Bertz CT molecular complexity index is 1450. The zero-order chi connectivity index (χ0) is 30.1. The predicted octanol–water partition coefficient (Wildman–Crippen LogP) is 4.71. The summed E-state index contributed by atoms with van der Waals surface area (Å²) in [6, 6.07) is 9.48. The summed E-state index contributed by atoms with van der Waals surface area (Å²) in [5, 5.41) is 6.76. The Balaban J connectivity index is 1.64. The second-order valence-corrected chi connectivity index (χ2v) is 12.2. The molecule has 0 radical (unpaired) electrons. The minimum absolute atomic E-state index is 0.0743. The highest BCUT2D eigenvalue weighted by Crippen LogP contribution is 2.35. The van der Waals surface area contributed by atoms with E-state index in [1.165, 1.54) is 4.90 Å². The highest BCUT2D eigenvalue weighted by molar-refractivity contribution is 5.94. The Morgan fingerprint density at radius 2 is 1.83 bits per heavy atom. The lowest BCUT2D eigenvalue weighted by molar-refractivity contribution is -0.141. The lowest BCUT2D eigenvalue weighted by atomic mass is 9.85. The molecule has 3 atom stereocenters. The average Bonchev–Trinajstić information content (AvgIpc) is 3.49. The SMILES string of the molecule is C=NC(=O)C1C[C@@H](Oc2cc(-c3ccccc3)nc3c(C)noc23)CN1C(=O)[C@@H](NC(=O)OC(C)(C)C)C(C)(C)C. The molecular weight excluding hydrogens is 526 g/mol. The van der Waals surface area contributed by atoms with Crippen LogP contribution >= 0.6 is 0 Å². The van der Waals surface area contributed by atoms with Crippen LogP contribution in [0.2, 0.25) is 0 Å². The van der Waals surface area contributed by atoms with Crippen LogP contribution in [0.5, 0.6) is 5.75 Å². The van der Waals surface area contributed by atoms with Gasteiger partial charge in [0.15, 0.2) is 5.75 Å². The lowest BCUT2D eigenvalue weighted by Gasteiger charge is -2.35. The number of ether oxygens (including phenoxy) is 2. The van der Waals surface area contributed by atoms with Crippen LogP contribution < -0.4 is 10.1 Å². The van der Waals surface area contributed by atoms with Crippen molar-refractivity contribution in [1.29, 1.82) is 0 Å². The number of carbonyl (C=O) groups excluding carboxylic acids is 3. The quantitative estimate of drug-likeness (QED) is 0.426. The number of likely N-dealkylation sites (tertiary alicyclic amines) is 1. The topological polar surface area (TPSA) is 136 Å². The molecule has 11 nitrogen and oxygen atoms in total. The van der Waals surface area contributed by atoms with E-state index in [1.54, 1.807) is 33.8 Å². The molecule has 1 N–H and O–H groups in total. The molecule has 1 unspecified atom stereocenters. The van der Waals surface area contributed by atoms with Crippen molar-refractivity contribution in [3.63, 3.8) is 0 Å². The molecule has 1 fully saturated rings. The van der Waals surface area contributed by atoms with Crippen LogP contribution in [-0.4, -0.2) is 70.0 Å². The lowest BCUT2D eigenvalue weighted by Crippen LogP contribution is -2.57. The second kappa shape index (κ2) is 11.3. The first-order valence-electron chi connectivity index (χ1n) is 13.5. The van der Waals surface area contributed by atoms with Crippen LogP contribution in [0.1, 0.15) is 53.7 Å². The van der Waals surface area contributed by atoms with Crippen molar-refractivity contribution in [2.75, 3.05) is 6.54 Å². The van der Waals surface area contributed by atoms with E-state index < -0.39 is 47.1 Å². The van der Waals surface area contributed by atoms with Crippen molar-refractivity contribution in [2.45, 2.75) is 78.7 Å². The van der Waals surface area contributed by atoms with E-state index >= 15 is 0 Å². The molecule has 3 heterocycles. The van der Waals surface area contributed by atoms with Gasteiger partial charge >= 0.3 is 6.09 Å². The summed E-state index contributed by atoms with van der Waals surface area (Å²) in [6.45, 7) is 15.9. The first kappa shape index (κ1) is 29.7. The minimum atomic E-state index is -0.981. The van der Waals surface area contributed by atoms with Crippen LogP contribution in [0.25, 0.3) is 22.4 Å². The molecule has 41 heavy (non-hydrogen) atoms. The predicted molar refractivity (Wildman–Crippen MR) is 154 cm³/mol. The van der Waals surface area contributed by atoms with Gasteiger partial charge in [-0.25, -0.2) is 14.8 Å². The van der Waals surface area contributed by atoms with Gasteiger partial charge in [-0.3, -0.25) is 9.59 Å². The fraction of sp³-hybridized carbons (Fsp3) is 0.467. The third-order valence-corrected chi connectivity index (χ3v) is 6.68. The summed E-state index contributed by atoms with van der Waals surface area (Å²) in [5.41, 5.74) is 1.64. The molecule has 0 bridgehead atoms. The number of nitrogens with one attached hydrogen (secondary N) is 1. The Morgan fingerprint density at radius 3 is 2.44 bits per heavy atom. The largest absolute Gasteiger partial charge is 0.484 e. The molecule has 3 aromatic rings. The van der Waals surface area contributed by atoms with Crippen LogP contribution in [0.4, 0.5) is 4.79 Å². The molecule has 1 saturated heterocycles. The van der Waals surface area contributed by atoms with Gasteiger partial charge in [-0.1, -0.05) is 56.3 Å². The number of rotatable bonds is 6. The number of hydrogen-bond acceptors (Lipinski definition) is 8. The van der Waals surface area contributed by atoms with Crippen LogP contribution in [0.15, 0.2) is 45.9 Å². The molecule has 11 heteroatoms. The highest BCUT2D eigenvalue weighted by Gasteiger charge is 2.46. The van der Waals surface area contributed by atoms with Crippen molar-refractivity contribution in [1.82, 2.24) is 20.4 Å². The maximum absolute atomic E-state index is 13.9. The molecule has 1 aliphatic heterocycles. The van der Waals surface area contributed by atoms with E-state index in [9.17, 15) is 14.4 Å². The Morgan fingerprint density at radius 1 is 1.15 bits per heavy atom. The van der Waals surface area contributed by atoms with Crippen LogP contribution in [-0.2, 0) is 14.3 Å². The third-order valence-electron chi connectivity index (χ3n) is 6.68. The standard InChI is InChI=1S/C30H37N5O6/c1-17-23-24(41-34-17)22(15-20(32-23)18-12-10-9-11-13-18)39-19-14-21(26(36)31-8)35(16-19)27(37)25(29(2,3)4)33-28(38)40-30(5,6)7/h9-13,15,19,21,25H,8,14,16H2,1-7H3,(H,33,38)/t19-,21?,25-/m1/s1. The zero-order valence-electron chi connectivity index (χ0n) is 24.6. The number of fused-ring (bicyclic) bond motifs is 1. The van der Waals surface area contributed by atoms with Gasteiger partial charge in [0.05, 0.1) is 12.2 Å². The first-order valence-corrected chi connectivity index (χ1v) is 13.5. The molecule has 0 saturated carbocycles. The zero-order valence-corrected chi connectivity index (χ0v) is 24.6. The van der Waals surface area contributed by atoms with Crippen molar-refractivity contribution < 1.29 is 28.4 Å². The number of alkyl carbamates (subject to hydrolysis) is 1. The number of benzene rings is 1. The van der Waals surface area contributed by atoms with Crippen molar-refractivity contribution in [2.24, 2.45) is 10.4 Å². The number of pyridine rings is 1. The molecule has 1 aromatic carbocycles. The summed E-state index contributed by atoms with van der Waals surface area (Å²) >= 11 is 0. The summed E-state index contributed by atoms with van der Waals surface area (Å²) < 4.78 is 17.3. The van der Waals surface area contributed by atoms with Crippen molar-refractivity contribution in [3.05, 3.63) is 42.1 Å². The highest BCUT2D eigenvalue weighted by atomic mass is 16.6. The van der Waals surface area contributed by atoms with Crippen molar-refractivity contribution in [3.8, 4) is 17.0 Å². The molecule has 218 valence electrons. The number of carbonyl (C=O) groups is 3. The van der Waals surface area contributed by atoms with Gasteiger partial charge in [0.1, 0.15) is 35.0 Å². The van der Waals surface area contributed by atoms with E-state index in [0.717, 1.165) is 5.56 Å². The van der Waals surface area contributed by atoms with Gasteiger partial charge in [0, 0.05) is 18.1 Å². The number of amides is 3. The van der Waals surface area contributed by atoms with E-state index in [1.807, 2.05) is 51.1 Å². The maximum atomic E-state index is 13.9. The molecule has 0 aliphatic carbocycles. The fourth-order valence-electron chi connectivity index (χ4n) is 4.73. The summed E-state index contributed by atoms with van der Waals surface area (Å²) in [5.74, 6) is -0.614. The minimum Gasteiger partial charge on any atom is -0.484 e. The summed E-state index contributed by atoms with van der Waals surface area (Å²) in [7, 11) is 0. The molecular formula is C30H37N5O6. The Labute approximate surface area is 239 Å². The van der Waals surface area contributed by atoms with Gasteiger partial charge in [-0.05, 0) is 39.8 Å². The van der Waals surface area contributed by atoms with Crippen LogP contribution in [0, 0.1) is 12.3 Å². The van der Waals surface area contributed by atoms with E-state index in [-0.39, 0.29) is 13.0 Å². The van der Waals surface area contributed by atoms with Gasteiger partial charge < -0.3 is 24.2 Å². The smallest absolute Gasteiger partial charge is 0.408 e. The van der Waals surface area contributed by atoms with E-state index in [2.05, 4.69) is 22.2 Å². The number of aromatic nitrogens is 2. The molecule has 4 rings (SSSR count). The number of nitrogens with zero attached hydrogens (tertiary/aromatic N) is 4. The van der Waals surface area contributed by atoms with Gasteiger partial charge in [0.25, 0.3) is 5.91 Å². The maximum Gasteiger partial charge on any atom is 0.408 e. The molecule has 0 spiro atoms. The fourth-order valence-corrected chi connectivity index (χ4v) is 4.73. The number of aryl methyl sites for hydroxylation is 1. The second-order valence-electron chi connectivity index (χ2n) is 12.2. The first-order chi connectivity index (χ1) is 19.2. The number of aliphatic imine (C=N–C) groups is 1. The van der Waals surface area contributed by atoms with Crippen LogP contribution in [0.3, 0.4) is 0 Å². The summed E-state index contributed by atoms with van der Waals surface area (Å²) in [6.07, 6.45) is -1.14. The Hall–Kier alpha value is -4.28. The molecule has 1 aliphatic rings. The van der Waals surface area contributed by atoms with Crippen molar-refractivity contribution >= 4 is 35.7 Å². The Kier molecular flexibility index (Phi) is 8.19. The van der Waals surface area contributed by atoms with E-state index in [4.69, 9.17) is 19.0 Å². The number of hydrogen-bond donors (Lipinski definition) is 1. The summed E-state index contributed by atoms with van der Waals surface area (Å²) in [4.78, 5) is 49.1. The van der Waals surface area contributed by atoms with E-state index in [0.29, 0.717) is 28.2 Å². The average molecular weight is 564 g/mol. The van der Waals surface area contributed by atoms with Gasteiger partial charge in [-0.15, -0.1) is 0 Å².